The van der Waals surface area contributed by atoms with E-state index < -0.39 is 5.91 Å². The van der Waals surface area contributed by atoms with Gasteiger partial charge < -0.3 is 4.90 Å². The molecule has 3 aromatic rings. The molecule has 2 amide bonds. The fourth-order valence-electron chi connectivity index (χ4n) is 3.82. The number of hydrogen-bond donors (Lipinski definition) is 1. The van der Waals surface area contributed by atoms with Crippen molar-refractivity contribution in [2.45, 2.75) is 0 Å². The Morgan fingerprint density at radius 1 is 1.09 bits per heavy atom. The van der Waals surface area contributed by atoms with Crippen LogP contribution in [0.25, 0.3) is 23.0 Å². The van der Waals surface area contributed by atoms with Crippen molar-refractivity contribution in [1.29, 1.82) is 5.26 Å². The smallest absolute Gasteiger partial charge is 0.290 e. The van der Waals surface area contributed by atoms with Crippen molar-refractivity contribution in [1.82, 2.24) is 24.8 Å². The van der Waals surface area contributed by atoms with E-state index in [0.717, 1.165) is 54.9 Å². The van der Waals surface area contributed by atoms with Crippen molar-refractivity contribution in [3.05, 3.63) is 53.2 Å². The first-order chi connectivity index (χ1) is 15.6. The molecular formula is C22H19N7O2S. The maximum absolute atomic E-state index is 11.8. The molecular weight excluding hydrogens is 426 g/mol. The lowest BCUT2D eigenvalue weighted by molar-refractivity contribution is -0.115. The normalized spacial score (nSPS) is 18.3. The van der Waals surface area contributed by atoms with Gasteiger partial charge in [0.1, 0.15) is 0 Å². The van der Waals surface area contributed by atoms with E-state index in [1.807, 2.05) is 18.2 Å². The first kappa shape index (κ1) is 20.2. The van der Waals surface area contributed by atoms with Crippen molar-refractivity contribution in [2.75, 3.05) is 37.6 Å². The Balaban J connectivity index is 1.38. The predicted molar refractivity (Wildman–Crippen MR) is 122 cm³/mol. The van der Waals surface area contributed by atoms with E-state index in [9.17, 15) is 9.59 Å². The van der Waals surface area contributed by atoms with Crippen LogP contribution >= 0.6 is 11.8 Å². The van der Waals surface area contributed by atoms with Crippen molar-refractivity contribution in [3.8, 4) is 17.3 Å². The summed E-state index contributed by atoms with van der Waals surface area (Å²) in [6, 6.07) is 14.1. The maximum Gasteiger partial charge on any atom is 0.290 e. The number of amides is 2. The van der Waals surface area contributed by atoms with E-state index in [4.69, 9.17) is 5.26 Å². The molecule has 10 heteroatoms. The van der Waals surface area contributed by atoms with Gasteiger partial charge in [0.05, 0.1) is 35.1 Å². The van der Waals surface area contributed by atoms with Gasteiger partial charge in [0.2, 0.25) is 0 Å². The van der Waals surface area contributed by atoms with E-state index in [-0.39, 0.29) is 5.24 Å². The van der Waals surface area contributed by atoms with E-state index in [2.05, 4.69) is 43.4 Å². The van der Waals surface area contributed by atoms with Crippen molar-refractivity contribution >= 4 is 40.3 Å². The molecule has 1 N–H and O–H groups in total. The fraction of sp³-hybridized carbons (Fsp3) is 0.227. The standard InChI is InChI=1S/C22H19N7O2S/c23-7-8-27-9-11-28(12-10-27)17-4-1-15(2-5-17)18-14-24-20-6-3-16(26-29(18)20)13-19-21(30)25-22(31)32-19/h1-6,13-14H,8-12H2,(H,25,30,31). The summed E-state index contributed by atoms with van der Waals surface area (Å²) < 4.78 is 1.74. The summed E-state index contributed by atoms with van der Waals surface area (Å²) in [5.74, 6) is -0.406. The molecule has 0 aliphatic carbocycles. The molecule has 0 saturated carbocycles. The minimum atomic E-state index is -0.406. The van der Waals surface area contributed by atoms with E-state index in [1.54, 1.807) is 22.9 Å². The van der Waals surface area contributed by atoms with Crippen LogP contribution < -0.4 is 10.2 Å². The first-order valence-corrected chi connectivity index (χ1v) is 11.0. The molecule has 5 rings (SSSR count). The lowest BCUT2D eigenvalue weighted by Gasteiger charge is -2.35. The summed E-state index contributed by atoms with van der Waals surface area (Å²) in [7, 11) is 0. The monoisotopic (exact) mass is 445 g/mol. The highest BCUT2D eigenvalue weighted by atomic mass is 32.2. The number of carbonyl (C=O) groups excluding carboxylic acids is 2. The van der Waals surface area contributed by atoms with Gasteiger partial charge in [-0.15, -0.1) is 0 Å². The third-order valence-corrected chi connectivity index (χ3v) is 6.31. The molecule has 2 aliphatic heterocycles. The summed E-state index contributed by atoms with van der Waals surface area (Å²) in [6.07, 6.45) is 3.37. The van der Waals surface area contributed by atoms with E-state index in [0.29, 0.717) is 22.8 Å². The second-order valence-corrected chi connectivity index (χ2v) is 8.51. The topological polar surface area (TPSA) is 107 Å². The van der Waals surface area contributed by atoms with Crippen LogP contribution in [0.1, 0.15) is 5.69 Å². The average molecular weight is 446 g/mol. The van der Waals surface area contributed by atoms with Gasteiger partial charge in [-0.2, -0.15) is 10.4 Å². The maximum atomic E-state index is 11.8. The molecule has 0 spiro atoms. The molecule has 2 saturated heterocycles. The van der Waals surface area contributed by atoms with E-state index in [1.165, 1.54) is 0 Å². The van der Waals surface area contributed by atoms with Gasteiger partial charge in [0.15, 0.2) is 5.65 Å². The fourth-order valence-corrected chi connectivity index (χ4v) is 4.49. The molecule has 2 fully saturated rings. The third kappa shape index (κ3) is 3.95. The number of thioether (sulfide) groups is 1. The number of rotatable bonds is 4. The average Bonchev–Trinajstić information content (AvgIpc) is 3.36. The van der Waals surface area contributed by atoms with Crippen LogP contribution in [-0.4, -0.2) is 63.4 Å². The van der Waals surface area contributed by atoms with Crippen molar-refractivity contribution < 1.29 is 9.59 Å². The predicted octanol–water partition coefficient (Wildman–Crippen LogP) is 2.37. The summed E-state index contributed by atoms with van der Waals surface area (Å²) in [5.41, 5.74) is 4.22. The van der Waals surface area contributed by atoms with Crippen LogP contribution in [0.3, 0.4) is 0 Å². The highest BCUT2D eigenvalue weighted by Crippen LogP contribution is 2.27. The Bertz CT molecular complexity index is 1270. The summed E-state index contributed by atoms with van der Waals surface area (Å²) in [4.78, 5) is 32.4. The van der Waals surface area contributed by atoms with Gasteiger partial charge in [-0.25, -0.2) is 9.50 Å². The number of nitrogens with one attached hydrogen (secondary N) is 1. The second kappa shape index (κ2) is 8.45. The van der Waals surface area contributed by atoms with Gasteiger partial charge in [0, 0.05) is 37.4 Å². The number of carbonyl (C=O) groups is 2. The minimum absolute atomic E-state index is 0.322. The van der Waals surface area contributed by atoms with Gasteiger partial charge in [-0.05, 0) is 42.1 Å². The molecule has 0 unspecified atom stereocenters. The molecule has 4 heterocycles. The number of anilines is 1. The van der Waals surface area contributed by atoms with Gasteiger partial charge in [-0.1, -0.05) is 12.1 Å². The summed E-state index contributed by atoms with van der Waals surface area (Å²) in [6.45, 7) is 4.03. The Labute approximate surface area is 188 Å². The zero-order valence-corrected chi connectivity index (χ0v) is 17.9. The Hall–Kier alpha value is -3.68. The highest BCUT2D eigenvalue weighted by Gasteiger charge is 2.25. The first-order valence-electron chi connectivity index (χ1n) is 10.1. The summed E-state index contributed by atoms with van der Waals surface area (Å²) >= 11 is 0.868. The number of nitrogens with zero attached hydrogens (tertiary/aromatic N) is 6. The molecule has 0 radical (unpaired) electrons. The SMILES string of the molecule is N#CCN1CCN(c2ccc(-c3cnc4ccc(C=C5SC(=O)NC5=O)nn34)cc2)CC1. The molecule has 32 heavy (non-hydrogen) atoms. The van der Waals surface area contributed by atoms with Gasteiger partial charge in [0.25, 0.3) is 11.1 Å². The number of nitriles is 1. The Kier molecular flexibility index (Phi) is 5.34. The quantitative estimate of drug-likeness (QED) is 0.482. The zero-order chi connectivity index (χ0) is 22.1. The molecule has 0 atom stereocenters. The minimum Gasteiger partial charge on any atom is -0.369 e. The van der Waals surface area contributed by atoms with Crippen LogP contribution in [0.5, 0.6) is 0 Å². The van der Waals surface area contributed by atoms with Crippen LogP contribution in [0.2, 0.25) is 0 Å². The summed E-state index contributed by atoms with van der Waals surface area (Å²) in [5, 5.41) is 15.3. The number of imidazole rings is 1. The molecule has 0 bridgehead atoms. The third-order valence-electron chi connectivity index (χ3n) is 5.50. The lowest BCUT2D eigenvalue weighted by Crippen LogP contribution is -2.46. The number of fused-ring (bicyclic) bond motifs is 1. The molecule has 9 nitrogen and oxygen atoms in total. The van der Waals surface area contributed by atoms with Gasteiger partial charge in [-0.3, -0.25) is 19.8 Å². The van der Waals surface area contributed by atoms with Gasteiger partial charge >= 0.3 is 0 Å². The van der Waals surface area contributed by atoms with Crippen molar-refractivity contribution in [3.63, 3.8) is 0 Å². The lowest BCUT2D eigenvalue weighted by atomic mass is 10.1. The molecule has 2 aliphatic rings. The highest BCUT2D eigenvalue weighted by molar-refractivity contribution is 8.18. The van der Waals surface area contributed by atoms with Crippen LogP contribution in [0, 0.1) is 11.3 Å². The zero-order valence-electron chi connectivity index (χ0n) is 17.1. The molecule has 2 aromatic heterocycles. The number of hydrogen-bond acceptors (Lipinski definition) is 8. The Morgan fingerprint density at radius 2 is 1.88 bits per heavy atom. The number of aromatic nitrogens is 3. The largest absolute Gasteiger partial charge is 0.369 e. The van der Waals surface area contributed by atoms with Crippen LogP contribution in [-0.2, 0) is 4.79 Å². The number of imide groups is 1. The molecule has 1 aromatic carbocycles. The number of benzene rings is 1. The molecule has 160 valence electrons. The second-order valence-electron chi connectivity index (χ2n) is 7.49. The number of piperazine rings is 1. The van der Waals surface area contributed by atoms with Crippen LogP contribution in [0.4, 0.5) is 10.5 Å². The Morgan fingerprint density at radius 3 is 2.56 bits per heavy atom. The van der Waals surface area contributed by atoms with E-state index >= 15 is 0 Å². The van der Waals surface area contributed by atoms with Crippen molar-refractivity contribution in [2.24, 2.45) is 0 Å². The van der Waals surface area contributed by atoms with Crippen LogP contribution in [0.15, 0.2) is 47.5 Å².